The fourth-order valence-corrected chi connectivity index (χ4v) is 2.31. The van der Waals surface area contributed by atoms with E-state index in [-0.39, 0.29) is 15.7 Å². The van der Waals surface area contributed by atoms with Crippen LogP contribution in [0.4, 0.5) is 5.13 Å². The molecule has 10 heteroatoms. The summed E-state index contributed by atoms with van der Waals surface area (Å²) in [5.74, 6) is 3.14. The van der Waals surface area contributed by atoms with E-state index in [4.69, 9.17) is 20.8 Å². The van der Waals surface area contributed by atoms with Crippen LogP contribution in [-0.2, 0) is 9.30 Å². The Hall–Kier alpha value is -1.90. The highest BCUT2D eigenvalue weighted by Crippen LogP contribution is 2.35. The van der Waals surface area contributed by atoms with Crippen molar-refractivity contribution in [3.05, 3.63) is 10.6 Å². The third-order valence-corrected chi connectivity index (χ3v) is 3.32. The molecule has 0 saturated heterocycles. The molecule has 1 aromatic heterocycles. The molecule has 0 aliphatic carbocycles. The number of carbonyl (C=O) groups excluding carboxylic acids is 1. The Labute approximate surface area is 118 Å². The lowest BCUT2D eigenvalue weighted by Crippen LogP contribution is -2.10. The number of nitriles is 1. The lowest BCUT2D eigenvalue weighted by Gasteiger charge is -2.06. The molecular weight excluding hydrogens is 305 g/mol. The molecule has 1 unspecified atom stereocenters. The highest BCUT2D eigenvalue weighted by atomic mass is 32.1. The van der Waals surface area contributed by atoms with Crippen LogP contribution < -0.4 is 5.73 Å². The van der Waals surface area contributed by atoms with E-state index in [0.29, 0.717) is 0 Å². The van der Waals surface area contributed by atoms with E-state index < -0.39 is 25.8 Å². The molecule has 0 aromatic carbocycles. The maximum atomic E-state index is 11.7. The molecule has 1 atom stereocenters. The topological polar surface area (TPSA) is 147 Å². The van der Waals surface area contributed by atoms with Crippen LogP contribution in [0.5, 0.6) is 0 Å². The van der Waals surface area contributed by atoms with Crippen LogP contribution in [0.3, 0.4) is 0 Å². The molecule has 8 nitrogen and oxygen atoms in total. The number of nitrogens with zero attached hydrogens (tertiary/aromatic N) is 2. The Bertz CT molecular complexity index is 663. The number of nitrogen functional groups attached to an aromatic ring is 1. The molecule has 0 saturated carbocycles. The molecule has 0 spiro atoms. The normalized spacial score (nSPS) is 11.9. The maximum Gasteiger partial charge on any atom is 0.362 e. The predicted octanol–water partition coefficient (Wildman–Crippen LogP) is 0.648. The van der Waals surface area contributed by atoms with Gasteiger partial charge in [-0.15, -0.1) is 5.92 Å². The van der Waals surface area contributed by atoms with Gasteiger partial charge in [0, 0.05) is 0 Å². The van der Waals surface area contributed by atoms with E-state index in [9.17, 15) is 9.36 Å². The number of nitrogens with two attached hydrogens (primary N) is 1. The van der Waals surface area contributed by atoms with E-state index in [1.54, 1.807) is 0 Å². The average Bonchev–Trinajstić information content (AvgIpc) is 2.74. The quantitative estimate of drug-likeness (QED) is 0.417. The van der Waals surface area contributed by atoms with Crippen molar-refractivity contribution < 1.29 is 23.9 Å². The number of rotatable bonds is 4. The summed E-state index contributed by atoms with van der Waals surface area (Å²) in [6.07, 6.45) is -1.07. The van der Waals surface area contributed by atoms with Crippen molar-refractivity contribution in [2.75, 3.05) is 12.1 Å². The van der Waals surface area contributed by atoms with E-state index in [2.05, 4.69) is 21.6 Å². The summed E-state index contributed by atoms with van der Waals surface area (Å²) in [6.45, 7) is 1.53. The summed E-state index contributed by atoms with van der Waals surface area (Å²) in [7, 11) is -4.48. The smallest absolute Gasteiger partial charge is 0.362 e. The minimum Gasteiger partial charge on any atom is -0.448 e. The number of thiazole rings is 1. The second-order valence-corrected chi connectivity index (χ2v) is 6.10. The highest BCUT2D eigenvalue weighted by Gasteiger charge is 2.26. The Morgan fingerprint density at radius 2 is 2.30 bits per heavy atom. The summed E-state index contributed by atoms with van der Waals surface area (Å²) in [6, 6.07) is 1.88. The van der Waals surface area contributed by atoms with E-state index in [0.717, 1.165) is 11.3 Å². The van der Waals surface area contributed by atoms with Crippen LogP contribution in [0.15, 0.2) is 0 Å². The van der Waals surface area contributed by atoms with Crippen LogP contribution in [0, 0.1) is 23.2 Å². The molecule has 4 N–H and O–H groups in total. The molecular formula is C10H10N3O5PS. The third kappa shape index (κ3) is 4.34. The molecule has 1 aromatic rings. The molecule has 0 amide bonds. The van der Waals surface area contributed by atoms with Gasteiger partial charge >= 0.3 is 13.6 Å². The summed E-state index contributed by atoms with van der Waals surface area (Å²) in [5, 5.41) is 9.02. The second-order valence-electron chi connectivity index (χ2n) is 3.45. The first kappa shape index (κ1) is 16.2. The van der Waals surface area contributed by atoms with Gasteiger partial charge in [0.2, 0.25) is 0 Å². The maximum absolute atomic E-state index is 11.7. The van der Waals surface area contributed by atoms with Crippen molar-refractivity contribution in [2.24, 2.45) is 0 Å². The zero-order chi connectivity index (χ0) is 15.3. The van der Waals surface area contributed by atoms with Gasteiger partial charge in [0.05, 0.1) is 10.9 Å². The number of aromatic nitrogens is 1. The van der Waals surface area contributed by atoms with Crippen LogP contribution >= 0.6 is 18.9 Å². The van der Waals surface area contributed by atoms with Crippen LogP contribution in [0.25, 0.3) is 0 Å². The lowest BCUT2D eigenvalue weighted by molar-refractivity contribution is 0.0543. The first-order valence-corrected chi connectivity index (χ1v) is 7.69. The number of hydrogen-bond donors (Lipinski definition) is 3. The Balaban J connectivity index is 3.06. The molecule has 1 rings (SSSR count). The fourth-order valence-electron chi connectivity index (χ4n) is 1.20. The van der Waals surface area contributed by atoms with Gasteiger partial charge in [0.25, 0.3) is 0 Å². The standard InChI is InChI=1S/C10H10N3O5PS/c1-2-3-6(4-11)8-7(13-10(12)20-8)9(14)18-5-19(15,16)17/h6H,5H2,1H3,(H2,12,13)(H2,15,16,17). The van der Waals surface area contributed by atoms with E-state index in [1.165, 1.54) is 6.92 Å². The SMILES string of the molecule is CC#CC(C#N)c1sc(N)nc1C(=O)OCP(=O)(O)O. The lowest BCUT2D eigenvalue weighted by atomic mass is 10.1. The molecule has 106 valence electrons. The van der Waals surface area contributed by atoms with Gasteiger partial charge in [-0.05, 0) is 6.92 Å². The Morgan fingerprint density at radius 1 is 1.65 bits per heavy atom. The monoisotopic (exact) mass is 315 g/mol. The average molecular weight is 315 g/mol. The van der Waals surface area contributed by atoms with Crippen molar-refractivity contribution in [3.63, 3.8) is 0 Å². The number of ether oxygens (including phenoxy) is 1. The van der Waals surface area contributed by atoms with Gasteiger partial charge in [-0.1, -0.05) is 17.3 Å². The number of hydrogen-bond acceptors (Lipinski definition) is 7. The summed E-state index contributed by atoms with van der Waals surface area (Å²) >= 11 is 0.895. The van der Waals surface area contributed by atoms with Crippen molar-refractivity contribution in [3.8, 4) is 17.9 Å². The number of anilines is 1. The Kier molecular flexibility index (Phi) is 5.26. The molecule has 20 heavy (non-hydrogen) atoms. The van der Waals surface area contributed by atoms with Crippen molar-refractivity contribution >= 4 is 30.0 Å². The largest absolute Gasteiger partial charge is 0.448 e. The van der Waals surface area contributed by atoms with Crippen molar-refractivity contribution in [2.45, 2.75) is 12.8 Å². The second kappa shape index (κ2) is 6.51. The van der Waals surface area contributed by atoms with E-state index >= 15 is 0 Å². The van der Waals surface area contributed by atoms with Crippen molar-refractivity contribution in [1.82, 2.24) is 4.98 Å². The zero-order valence-corrected chi connectivity index (χ0v) is 11.9. The molecule has 0 aliphatic rings. The van der Waals surface area contributed by atoms with Crippen molar-refractivity contribution in [1.29, 1.82) is 5.26 Å². The molecule has 0 radical (unpaired) electrons. The minimum absolute atomic E-state index is 0.0290. The van der Waals surface area contributed by atoms with Gasteiger partial charge in [-0.25, -0.2) is 9.78 Å². The molecule has 0 bridgehead atoms. The van der Waals surface area contributed by atoms with Gasteiger partial charge in [-0.3, -0.25) is 4.57 Å². The van der Waals surface area contributed by atoms with Crippen LogP contribution in [-0.4, -0.2) is 27.1 Å². The van der Waals surface area contributed by atoms with Crippen LogP contribution in [0.1, 0.15) is 28.2 Å². The first-order chi connectivity index (χ1) is 9.28. The van der Waals surface area contributed by atoms with Gasteiger partial charge in [0.1, 0.15) is 5.92 Å². The van der Waals surface area contributed by atoms with Gasteiger partial charge in [-0.2, -0.15) is 5.26 Å². The molecule has 0 aliphatic heterocycles. The van der Waals surface area contributed by atoms with Gasteiger partial charge < -0.3 is 20.3 Å². The molecule has 0 fully saturated rings. The summed E-state index contributed by atoms with van der Waals surface area (Å²) < 4.78 is 15.1. The predicted molar refractivity (Wildman–Crippen MR) is 70.7 cm³/mol. The number of carbonyl (C=O) groups is 1. The third-order valence-electron chi connectivity index (χ3n) is 1.91. The zero-order valence-electron chi connectivity index (χ0n) is 10.2. The molecule has 1 heterocycles. The number of esters is 1. The Morgan fingerprint density at radius 3 is 2.80 bits per heavy atom. The minimum atomic E-state index is -4.48. The highest BCUT2D eigenvalue weighted by molar-refractivity contribution is 7.51. The summed E-state index contributed by atoms with van der Waals surface area (Å²) in [4.78, 5) is 32.9. The van der Waals surface area contributed by atoms with Gasteiger partial charge in [0.15, 0.2) is 17.2 Å². The first-order valence-electron chi connectivity index (χ1n) is 5.08. The summed E-state index contributed by atoms with van der Waals surface area (Å²) in [5.41, 5.74) is 5.22. The fraction of sp³-hybridized carbons (Fsp3) is 0.300. The van der Waals surface area contributed by atoms with Crippen LogP contribution in [0.2, 0.25) is 0 Å². The van der Waals surface area contributed by atoms with E-state index in [1.807, 2.05) is 6.07 Å².